The number of anilines is 1. The second kappa shape index (κ2) is 5.07. The molecule has 19 heavy (non-hydrogen) atoms. The molecule has 8 heteroatoms. The summed E-state index contributed by atoms with van der Waals surface area (Å²) in [6, 6.07) is 4.47. The van der Waals surface area contributed by atoms with Gasteiger partial charge in [-0.25, -0.2) is 13.9 Å². The van der Waals surface area contributed by atoms with Crippen LogP contribution in [0.3, 0.4) is 0 Å². The summed E-state index contributed by atoms with van der Waals surface area (Å²) < 4.78 is 14.8. The van der Waals surface area contributed by atoms with E-state index in [4.69, 9.17) is 34.0 Å². The minimum Gasteiger partial charge on any atom is -0.476 e. The van der Waals surface area contributed by atoms with Crippen molar-refractivity contribution in [1.29, 1.82) is 0 Å². The largest absolute Gasteiger partial charge is 0.476 e. The molecular weight excluding hydrogens is 296 g/mol. The fraction of sp³-hybridized carbons (Fsp3) is 0.0909. The number of carbonyl (C=O) groups is 1. The predicted molar refractivity (Wildman–Crippen MR) is 69.1 cm³/mol. The first kappa shape index (κ1) is 13.6. The van der Waals surface area contributed by atoms with Crippen molar-refractivity contribution in [1.82, 2.24) is 9.78 Å². The molecule has 0 fully saturated rings. The zero-order valence-electron chi connectivity index (χ0n) is 9.40. The van der Waals surface area contributed by atoms with Crippen LogP contribution in [-0.4, -0.2) is 20.9 Å². The Labute approximate surface area is 117 Å². The summed E-state index contributed by atoms with van der Waals surface area (Å²) in [6.45, 7) is -0.0668. The summed E-state index contributed by atoms with van der Waals surface area (Å²) in [6.07, 6.45) is 0. The lowest BCUT2D eigenvalue weighted by atomic mass is 10.2. The summed E-state index contributed by atoms with van der Waals surface area (Å²) in [5.74, 6) is -1.91. The fourth-order valence-corrected chi connectivity index (χ4v) is 1.93. The molecule has 0 saturated carbocycles. The molecule has 2 rings (SSSR count). The first-order valence-corrected chi connectivity index (χ1v) is 5.85. The second-order valence-electron chi connectivity index (χ2n) is 3.73. The molecule has 1 heterocycles. The lowest BCUT2D eigenvalue weighted by molar-refractivity contribution is 0.0690. The number of hydrogen-bond donors (Lipinski definition) is 2. The number of carboxylic acid groups (broad SMARTS) is 1. The molecule has 0 aliphatic rings. The van der Waals surface area contributed by atoms with Crippen LogP contribution in [-0.2, 0) is 6.54 Å². The molecule has 0 atom stereocenters. The van der Waals surface area contributed by atoms with E-state index < -0.39 is 11.8 Å². The van der Waals surface area contributed by atoms with E-state index in [1.165, 1.54) is 12.1 Å². The van der Waals surface area contributed by atoms with Crippen molar-refractivity contribution in [2.24, 2.45) is 0 Å². The van der Waals surface area contributed by atoms with Gasteiger partial charge in [0, 0.05) is 5.56 Å². The molecule has 0 saturated heterocycles. The van der Waals surface area contributed by atoms with Gasteiger partial charge in [-0.1, -0.05) is 35.3 Å². The summed E-state index contributed by atoms with van der Waals surface area (Å²) in [7, 11) is 0. The second-order valence-corrected chi connectivity index (χ2v) is 4.49. The molecule has 0 bridgehead atoms. The van der Waals surface area contributed by atoms with Crippen molar-refractivity contribution in [2.45, 2.75) is 6.54 Å². The Bertz CT molecular complexity index is 658. The Hall–Kier alpha value is -1.79. The maximum absolute atomic E-state index is 13.7. The number of nitrogens with two attached hydrogens (primary N) is 1. The summed E-state index contributed by atoms with van der Waals surface area (Å²) in [4.78, 5) is 10.9. The third kappa shape index (κ3) is 2.50. The molecule has 0 radical (unpaired) electrons. The highest BCUT2D eigenvalue weighted by Crippen LogP contribution is 2.25. The standard InChI is InChI=1S/C11H8Cl2FN3O2/c12-6-3-1-2-5(7(6)14)4-17-10(13)8(15)9(16-17)11(18)19/h1-3H,4,15H2,(H,18,19). The smallest absolute Gasteiger partial charge is 0.358 e. The topological polar surface area (TPSA) is 81.1 Å². The van der Waals surface area contributed by atoms with Crippen LogP contribution in [0.1, 0.15) is 16.1 Å². The number of halogens is 3. The van der Waals surface area contributed by atoms with Gasteiger partial charge < -0.3 is 10.8 Å². The van der Waals surface area contributed by atoms with Gasteiger partial charge in [-0.2, -0.15) is 5.10 Å². The van der Waals surface area contributed by atoms with Crippen molar-refractivity contribution in [3.05, 3.63) is 45.4 Å². The fourth-order valence-electron chi connectivity index (χ4n) is 1.55. The van der Waals surface area contributed by atoms with Crippen LogP contribution in [0.5, 0.6) is 0 Å². The SMILES string of the molecule is Nc1c(C(=O)O)nn(Cc2cccc(Cl)c2F)c1Cl. The first-order valence-electron chi connectivity index (χ1n) is 5.09. The maximum Gasteiger partial charge on any atom is 0.358 e. The number of hydrogen-bond acceptors (Lipinski definition) is 3. The van der Waals surface area contributed by atoms with Gasteiger partial charge >= 0.3 is 5.97 Å². The molecule has 2 aromatic rings. The minimum absolute atomic E-state index is 0.0350. The van der Waals surface area contributed by atoms with Gasteiger partial charge in [0.1, 0.15) is 11.5 Å². The van der Waals surface area contributed by atoms with Crippen molar-refractivity contribution in [3.8, 4) is 0 Å². The van der Waals surface area contributed by atoms with E-state index in [-0.39, 0.29) is 33.7 Å². The van der Waals surface area contributed by atoms with E-state index in [1.807, 2.05) is 0 Å². The summed E-state index contributed by atoms with van der Waals surface area (Å²) in [5.41, 5.74) is 5.22. The quantitative estimate of drug-likeness (QED) is 0.913. The lowest BCUT2D eigenvalue weighted by Crippen LogP contribution is -2.06. The average Bonchev–Trinajstić information content (AvgIpc) is 2.63. The van der Waals surface area contributed by atoms with E-state index >= 15 is 0 Å². The van der Waals surface area contributed by atoms with Crippen LogP contribution in [0.4, 0.5) is 10.1 Å². The van der Waals surface area contributed by atoms with E-state index in [2.05, 4.69) is 5.10 Å². The molecular formula is C11H8Cl2FN3O2. The lowest BCUT2D eigenvalue weighted by Gasteiger charge is -2.05. The Morgan fingerprint density at radius 1 is 1.47 bits per heavy atom. The summed E-state index contributed by atoms with van der Waals surface area (Å²) >= 11 is 11.5. The molecule has 3 N–H and O–H groups in total. The summed E-state index contributed by atoms with van der Waals surface area (Å²) in [5, 5.41) is 12.5. The number of carboxylic acids is 1. The third-order valence-corrected chi connectivity index (χ3v) is 3.17. The molecule has 0 aliphatic carbocycles. The Kier molecular flexibility index (Phi) is 3.64. The van der Waals surface area contributed by atoms with E-state index in [0.29, 0.717) is 0 Å². The zero-order chi connectivity index (χ0) is 14.2. The molecule has 5 nitrogen and oxygen atoms in total. The minimum atomic E-state index is -1.30. The average molecular weight is 304 g/mol. The highest BCUT2D eigenvalue weighted by Gasteiger charge is 2.20. The third-order valence-electron chi connectivity index (χ3n) is 2.48. The number of nitrogens with zero attached hydrogens (tertiary/aromatic N) is 2. The monoisotopic (exact) mass is 303 g/mol. The van der Waals surface area contributed by atoms with Gasteiger partial charge in [0.2, 0.25) is 0 Å². The maximum atomic E-state index is 13.7. The molecule has 1 aromatic heterocycles. The van der Waals surface area contributed by atoms with Crippen LogP contribution in [0.2, 0.25) is 10.2 Å². The number of aromatic nitrogens is 2. The normalized spacial score (nSPS) is 10.7. The molecule has 0 unspecified atom stereocenters. The number of aromatic carboxylic acids is 1. The van der Waals surface area contributed by atoms with E-state index in [1.54, 1.807) is 6.07 Å². The van der Waals surface area contributed by atoms with Crippen molar-refractivity contribution in [2.75, 3.05) is 5.73 Å². The van der Waals surface area contributed by atoms with Crippen molar-refractivity contribution in [3.63, 3.8) is 0 Å². The van der Waals surface area contributed by atoms with Gasteiger partial charge in [0.05, 0.1) is 11.6 Å². The highest BCUT2D eigenvalue weighted by atomic mass is 35.5. The van der Waals surface area contributed by atoms with Crippen LogP contribution in [0.25, 0.3) is 0 Å². The van der Waals surface area contributed by atoms with E-state index in [9.17, 15) is 9.18 Å². The van der Waals surface area contributed by atoms with Gasteiger partial charge in [0.25, 0.3) is 0 Å². The molecule has 1 aromatic carbocycles. The van der Waals surface area contributed by atoms with Crippen LogP contribution < -0.4 is 5.73 Å². The van der Waals surface area contributed by atoms with Gasteiger partial charge in [-0.05, 0) is 6.07 Å². The van der Waals surface area contributed by atoms with Crippen LogP contribution >= 0.6 is 23.2 Å². The zero-order valence-corrected chi connectivity index (χ0v) is 10.9. The number of nitrogen functional groups attached to an aromatic ring is 1. The molecule has 0 aliphatic heterocycles. The number of benzene rings is 1. The van der Waals surface area contributed by atoms with Crippen LogP contribution in [0, 0.1) is 5.82 Å². The Morgan fingerprint density at radius 2 is 2.16 bits per heavy atom. The van der Waals surface area contributed by atoms with Gasteiger partial charge in [-0.3, -0.25) is 0 Å². The van der Waals surface area contributed by atoms with E-state index in [0.717, 1.165) is 4.68 Å². The molecule has 0 spiro atoms. The van der Waals surface area contributed by atoms with Crippen LogP contribution in [0.15, 0.2) is 18.2 Å². The van der Waals surface area contributed by atoms with Crippen molar-refractivity contribution < 1.29 is 14.3 Å². The van der Waals surface area contributed by atoms with Gasteiger partial charge in [-0.15, -0.1) is 0 Å². The molecule has 100 valence electrons. The van der Waals surface area contributed by atoms with Gasteiger partial charge in [0.15, 0.2) is 10.8 Å². The van der Waals surface area contributed by atoms with Crippen molar-refractivity contribution >= 4 is 34.9 Å². The highest BCUT2D eigenvalue weighted by molar-refractivity contribution is 6.32. The Morgan fingerprint density at radius 3 is 2.74 bits per heavy atom. The molecule has 0 amide bonds. The Balaban J connectivity index is 2.42. The predicted octanol–water partition coefficient (Wildman–Crippen LogP) is 2.66. The first-order chi connectivity index (χ1) is 8.91. The number of rotatable bonds is 3.